The van der Waals surface area contributed by atoms with Crippen LogP contribution in [0.4, 0.5) is 0 Å². The number of thioether (sulfide) groups is 1. The fourth-order valence-corrected chi connectivity index (χ4v) is 3.09. The van der Waals surface area contributed by atoms with Crippen LogP contribution in [-0.4, -0.2) is 23.5 Å². The molecule has 1 fully saturated rings. The van der Waals surface area contributed by atoms with Crippen molar-refractivity contribution < 1.29 is 4.79 Å². The number of hydrogen-bond donors (Lipinski definition) is 1. The zero-order valence-corrected chi connectivity index (χ0v) is 8.79. The molecular formula is C9H11NOS2. The molecule has 1 unspecified atom stereocenters. The van der Waals surface area contributed by atoms with E-state index in [1.165, 1.54) is 17.1 Å². The Labute approximate surface area is 85.7 Å². The first-order valence-corrected chi connectivity index (χ1v) is 6.32. The summed E-state index contributed by atoms with van der Waals surface area (Å²) >= 11 is 3.41. The third-order valence-electron chi connectivity index (χ3n) is 2.01. The average molecular weight is 213 g/mol. The second kappa shape index (κ2) is 4.15. The van der Waals surface area contributed by atoms with Crippen molar-refractivity contribution in [2.75, 3.05) is 11.5 Å². The van der Waals surface area contributed by atoms with E-state index in [1.54, 1.807) is 0 Å². The molecule has 1 amide bonds. The van der Waals surface area contributed by atoms with Gasteiger partial charge in [-0.2, -0.15) is 11.8 Å². The van der Waals surface area contributed by atoms with Crippen molar-refractivity contribution in [2.45, 2.75) is 12.5 Å². The Morgan fingerprint density at radius 2 is 2.54 bits per heavy atom. The van der Waals surface area contributed by atoms with Crippen LogP contribution < -0.4 is 5.32 Å². The van der Waals surface area contributed by atoms with E-state index in [9.17, 15) is 4.79 Å². The molecule has 0 saturated carbocycles. The highest BCUT2D eigenvalue weighted by Crippen LogP contribution is 2.18. The van der Waals surface area contributed by atoms with Gasteiger partial charge in [0.1, 0.15) is 0 Å². The Kier molecular flexibility index (Phi) is 2.90. The Bertz CT molecular complexity index is 278. The van der Waals surface area contributed by atoms with Crippen LogP contribution in [0.1, 0.15) is 16.1 Å². The van der Waals surface area contributed by atoms with E-state index in [1.807, 2.05) is 29.3 Å². The molecule has 2 heterocycles. The van der Waals surface area contributed by atoms with E-state index in [2.05, 4.69) is 5.32 Å². The number of carbonyl (C=O) groups excluding carboxylic acids is 1. The van der Waals surface area contributed by atoms with Crippen molar-refractivity contribution in [3.05, 3.63) is 22.4 Å². The predicted octanol–water partition coefficient (Wildman–Crippen LogP) is 1.98. The van der Waals surface area contributed by atoms with Crippen LogP contribution in [-0.2, 0) is 0 Å². The van der Waals surface area contributed by atoms with Gasteiger partial charge >= 0.3 is 0 Å². The molecule has 0 bridgehead atoms. The first-order chi connectivity index (χ1) is 6.36. The Morgan fingerprint density at radius 1 is 1.62 bits per heavy atom. The number of hydrogen-bond acceptors (Lipinski definition) is 3. The van der Waals surface area contributed by atoms with Gasteiger partial charge in [-0.15, -0.1) is 11.3 Å². The fraction of sp³-hybridized carbons (Fsp3) is 0.444. The summed E-state index contributed by atoms with van der Waals surface area (Å²) in [6, 6.07) is 4.16. The molecule has 1 aromatic rings. The lowest BCUT2D eigenvalue weighted by molar-refractivity contribution is 0.0945. The molecule has 2 nitrogen and oxygen atoms in total. The molecule has 1 aromatic heterocycles. The van der Waals surface area contributed by atoms with Crippen molar-refractivity contribution >= 4 is 29.0 Å². The highest BCUT2D eigenvalue weighted by atomic mass is 32.2. The van der Waals surface area contributed by atoms with E-state index < -0.39 is 0 Å². The van der Waals surface area contributed by atoms with Crippen LogP contribution in [0.3, 0.4) is 0 Å². The smallest absolute Gasteiger partial charge is 0.261 e. The van der Waals surface area contributed by atoms with Gasteiger partial charge in [-0.25, -0.2) is 0 Å². The molecule has 1 atom stereocenters. The molecule has 1 saturated heterocycles. The fourth-order valence-electron chi connectivity index (χ4n) is 1.31. The number of nitrogens with one attached hydrogen (secondary N) is 1. The Balaban J connectivity index is 1.91. The Morgan fingerprint density at radius 3 is 3.15 bits per heavy atom. The van der Waals surface area contributed by atoms with Gasteiger partial charge in [0.15, 0.2) is 0 Å². The van der Waals surface area contributed by atoms with Gasteiger partial charge in [0.2, 0.25) is 0 Å². The molecule has 0 aliphatic carbocycles. The van der Waals surface area contributed by atoms with Gasteiger partial charge in [0, 0.05) is 11.8 Å². The molecule has 0 aromatic carbocycles. The predicted molar refractivity (Wildman–Crippen MR) is 57.5 cm³/mol. The molecule has 13 heavy (non-hydrogen) atoms. The van der Waals surface area contributed by atoms with Crippen molar-refractivity contribution in [3.63, 3.8) is 0 Å². The van der Waals surface area contributed by atoms with Crippen LogP contribution in [0.2, 0.25) is 0 Å². The van der Waals surface area contributed by atoms with Crippen LogP contribution in [0, 0.1) is 0 Å². The highest BCUT2D eigenvalue weighted by Gasteiger charge is 2.18. The van der Waals surface area contributed by atoms with Crippen molar-refractivity contribution in [2.24, 2.45) is 0 Å². The maximum atomic E-state index is 11.6. The lowest BCUT2D eigenvalue weighted by Crippen LogP contribution is -2.34. The van der Waals surface area contributed by atoms with E-state index in [0.717, 1.165) is 17.1 Å². The first-order valence-electron chi connectivity index (χ1n) is 4.28. The average Bonchev–Trinajstić information content (AvgIpc) is 2.74. The van der Waals surface area contributed by atoms with Gasteiger partial charge in [0.05, 0.1) is 4.88 Å². The second-order valence-corrected chi connectivity index (χ2v) is 5.11. The van der Waals surface area contributed by atoms with Gasteiger partial charge in [0.25, 0.3) is 5.91 Å². The lowest BCUT2D eigenvalue weighted by Gasteiger charge is -2.09. The van der Waals surface area contributed by atoms with Gasteiger partial charge in [-0.3, -0.25) is 4.79 Å². The zero-order chi connectivity index (χ0) is 9.10. The molecule has 70 valence electrons. The molecule has 0 radical (unpaired) electrons. The van der Waals surface area contributed by atoms with Gasteiger partial charge in [-0.1, -0.05) is 6.07 Å². The third kappa shape index (κ3) is 2.25. The summed E-state index contributed by atoms with van der Waals surface area (Å²) in [4.78, 5) is 12.4. The number of amides is 1. The summed E-state index contributed by atoms with van der Waals surface area (Å²) in [6.45, 7) is 0. The van der Waals surface area contributed by atoms with Crippen molar-refractivity contribution in [1.82, 2.24) is 5.32 Å². The van der Waals surface area contributed by atoms with Crippen molar-refractivity contribution in [1.29, 1.82) is 0 Å². The third-order valence-corrected chi connectivity index (χ3v) is 4.04. The molecular weight excluding hydrogens is 202 g/mol. The molecule has 0 spiro atoms. The summed E-state index contributed by atoms with van der Waals surface area (Å²) in [5, 5.41) is 4.96. The second-order valence-electron chi connectivity index (χ2n) is 3.01. The van der Waals surface area contributed by atoms with Gasteiger partial charge < -0.3 is 5.32 Å². The summed E-state index contributed by atoms with van der Waals surface area (Å²) in [5.41, 5.74) is 0. The molecule has 1 aliphatic heterocycles. The summed E-state index contributed by atoms with van der Waals surface area (Å²) in [6.07, 6.45) is 1.11. The zero-order valence-electron chi connectivity index (χ0n) is 7.16. The van der Waals surface area contributed by atoms with Crippen LogP contribution in [0.5, 0.6) is 0 Å². The molecule has 2 rings (SSSR count). The van der Waals surface area contributed by atoms with E-state index >= 15 is 0 Å². The number of rotatable bonds is 2. The maximum Gasteiger partial charge on any atom is 0.261 e. The first kappa shape index (κ1) is 9.09. The van der Waals surface area contributed by atoms with E-state index in [-0.39, 0.29) is 5.91 Å². The maximum absolute atomic E-state index is 11.6. The van der Waals surface area contributed by atoms with Crippen LogP contribution in [0.25, 0.3) is 0 Å². The Hall–Kier alpha value is -0.480. The largest absolute Gasteiger partial charge is 0.348 e. The van der Waals surface area contributed by atoms with E-state index in [4.69, 9.17) is 0 Å². The highest BCUT2D eigenvalue weighted by molar-refractivity contribution is 7.99. The number of thiophene rings is 1. The standard InChI is InChI=1S/C9H11NOS2/c11-9(8-2-1-4-13-8)10-7-3-5-12-6-7/h1-2,4,7H,3,5-6H2,(H,10,11). The topological polar surface area (TPSA) is 29.1 Å². The quantitative estimate of drug-likeness (QED) is 0.814. The molecule has 1 aliphatic rings. The van der Waals surface area contributed by atoms with Crippen LogP contribution in [0.15, 0.2) is 17.5 Å². The normalized spacial score (nSPS) is 21.7. The summed E-state index contributed by atoms with van der Waals surface area (Å²) in [5.74, 6) is 2.33. The SMILES string of the molecule is O=C(NC1CCSC1)c1cccs1. The van der Waals surface area contributed by atoms with Gasteiger partial charge in [-0.05, 0) is 23.6 Å². The number of carbonyl (C=O) groups is 1. The summed E-state index contributed by atoms with van der Waals surface area (Å²) in [7, 11) is 0. The minimum Gasteiger partial charge on any atom is -0.348 e. The lowest BCUT2D eigenvalue weighted by atomic mass is 10.2. The molecule has 4 heteroatoms. The molecule has 1 N–H and O–H groups in total. The minimum atomic E-state index is 0.0856. The summed E-state index contributed by atoms with van der Waals surface area (Å²) < 4.78 is 0. The minimum absolute atomic E-state index is 0.0856. The van der Waals surface area contributed by atoms with Crippen molar-refractivity contribution in [3.8, 4) is 0 Å². The van der Waals surface area contributed by atoms with E-state index in [0.29, 0.717) is 6.04 Å². The van der Waals surface area contributed by atoms with Crippen LogP contribution >= 0.6 is 23.1 Å². The monoisotopic (exact) mass is 213 g/mol.